The Balaban J connectivity index is 1.38. The number of hydrogen-bond donors (Lipinski definition) is 2. The quantitative estimate of drug-likeness (QED) is 0.285. The lowest BCUT2D eigenvalue weighted by Gasteiger charge is -2.25. The Bertz CT molecular complexity index is 1360. The van der Waals surface area contributed by atoms with E-state index in [-0.39, 0.29) is 30.2 Å². The van der Waals surface area contributed by atoms with Crippen LogP contribution in [0.5, 0.6) is 0 Å². The van der Waals surface area contributed by atoms with E-state index < -0.39 is 0 Å². The van der Waals surface area contributed by atoms with Crippen LogP contribution >= 0.6 is 23.8 Å². The van der Waals surface area contributed by atoms with Crippen molar-refractivity contribution >= 4 is 40.5 Å². The standard InChI is InChI=1S/C27H22ClFN4O2S/c28-18-6-4-17(5-7-18)22-12-13-23(35-22)26-25(21-3-1-2-15-30-21)32-27(36)33(26)16-14-24(34)31-20-10-8-19(29)9-11-20/h1-13,15,25-26H,14,16H2,(H,31,34)(H,32,36)/t25-,26+/m1/s1. The molecular weight excluding hydrogens is 499 g/mol. The average Bonchev–Trinajstić information content (AvgIpc) is 3.50. The summed E-state index contributed by atoms with van der Waals surface area (Å²) in [5.74, 6) is 0.835. The molecule has 2 atom stereocenters. The molecule has 2 N–H and O–H groups in total. The number of carbonyl (C=O) groups excluding carboxylic acids is 1. The van der Waals surface area contributed by atoms with Crippen LogP contribution in [0, 0.1) is 5.82 Å². The maximum atomic E-state index is 13.2. The first-order chi connectivity index (χ1) is 17.5. The average molecular weight is 521 g/mol. The van der Waals surface area contributed by atoms with Gasteiger partial charge in [0.25, 0.3) is 0 Å². The third kappa shape index (κ3) is 5.24. The first-order valence-electron chi connectivity index (χ1n) is 11.4. The minimum Gasteiger partial charge on any atom is -0.459 e. The van der Waals surface area contributed by atoms with Crippen LogP contribution in [0.25, 0.3) is 11.3 Å². The summed E-state index contributed by atoms with van der Waals surface area (Å²) in [6.45, 7) is 0.351. The highest BCUT2D eigenvalue weighted by Crippen LogP contribution is 2.40. The second-order valence-corrected chi connectivity index (χ2v) is 9.16. The zero-order valence-corrected chi connectivity index (χ0v) is 20.6. The predicted molar refractivity (Wildman–Crippen MR) is 141 cm³/mol. The number of thiocarbonyl (C=S) groups is 1. The molecule has 0 saturated carbocycles. The van der Waals surface area contributed by atoms with Crippen LogP contribution in [-0.2, 0) is 4.79 Å². The molecule has 5 rings (SSSR count). The zero-order chi connectivity index (χ0) is 25.1. The van der Waals surface area contributed by atoms with Crippen molar-refractivity contribution in [3.63, 3.8) is 0 Å². The third-order valence-electron chi connectivity index (χ3n) is 5.95. The molecule has 0 aliphatic carbocycles. The summed E-state index contributed by atoms with van der Waals surface area (Å²) in [7, 11) is 0. The molecule has 0 radical (unpaired) electrons. The minimum absolute atomic E-state index is 0.176. The maximum absolute atomic E-state index is 13.2. The van der Waals surface area contributed by atoms with Gasteiger partial charge in [-0.2, -0.15) is 0 Å². The molecule has 6 nitrogen and oxygen atoms in total. The molecule has 2 aromatic heterocycles. The van der Waals surface area contributed by atoms with Crippen LogP contribution in [0.1, 0.15) is 30.0 Å². The summed E-state index contributed by atoms with van der Waals surface area (Å²) in [6.07, 6.45) is 1.91. The Hall–Kier alpha value is -3.75. The van der Waals surface area contributed by atoms with E-state index in [1.807, 2.05) is 59.5 Å². The molecule has 3 heterocycles. The molecule has 9 heteroatoms. The number of pyridine rings is 1. The Labute approximate surface area is 218 Å². The highest BCUT2D eigenvalue weighted by molar-refractivity contribution is 7.80. The van der Waals surface area contributed by atoms with Crippen LogP contribution in [0.4, 0.5) is 10.1 Å². The van der Waals surface area contributed by atoms with Gasteiger partial charge in [-0.15, -0.1) is 0 Å². The van der Waals surface area contributed by atoms with Gasteiger partial charge in [-0.25, -0.2) is 4.39 Å². The van der Waals surface area contributed by atoms with Crippen molar-refractivity contribution in [2.75, 3.05) is 11.9 Å². The van der Waals surface area contributed by atoms with Crippen molar-refractivity contribution in [3.05, 3.63) is 107 Å². The topological polar surface area (TPSA) is 70.4 Å². The van der Waals surface area contributed by atoms with Gasteiger partial charge in [0.05, 0.1) is 11.7 Å². The summed E-state index contributed by atoms with van der Waals surface area (Å²) in [4.78, 5) is 19.1. The van der Waals surface area contributed by atoms with E-state index >= 15 is 0 Å². The molecular formula is C27H22ClFN4O2S. The van der Waals surface area contributed by atoms with Crippen LogP contribution in [0.15, 0.2) is 89.5 Å². The maximum Gasteiger partial charge on any atom is 0.226 e. The highest BCUT2D eigenvalue weighted by atomic mass is 35.5. The fraction of sp³-hybridized carbons (Fsp3) is 0.148. The molecule has 2 aromatic carbocycles. The van der Waals surface area contributed by atoms with Gasteiger partial charge in [-0.1, -0.05) is 17.7 Å². The van der Waals surface area contributed by atoms with Gasteiger partial charge in [0.15, 0.2) is 5.11 Å². The first kappa shape index (κ1) is 24.0. The number of aromatic nitrogens is 1. The fourth-order valence-corrected chi connectivity index (χ4v) is 4.67. The summed E-state index contributed by atoms with van der Waals surface area (Å²) >= 11 is 11.7. The number of rotatable bonds is 7. The SMILES string of the molecule is O=C(CCN1C(=S)N[C@H](c2ccccn2)[C@@H]1c1ccc(-c2ccc(Cl)cc2)o1)Nc1ccc(F)cc1. The molecule has 1 aliphatic heterocycles. The second-order valence-electron chi connectivity index (χ2n) is 8.33. The Morgan fingerprint density at radius 1 is 1.08 bits per heavy atom. The van der Waals surface area contributed by atoms with E-state index in [9.17, 15) is 9.18 Å². The monoisotopic (exact) mass is 520 g/mol. The normalized spacial score (nSPS) is 17.2. The summed E-state index contributed by atoms with van der Waals surface area (Å²) in [6, 6.07) is 22.0. The fourth-order valence-electron chi connectivity index (χ4n) is 4.22. The van der Waals surface area contributed by atoms with Crippen LogP contribution in [0.3, 0.4) is 0 Å². The van der Waals surface area contributed by atoms with Gasteiger partial charge in [-0.3, -0.25) is 9.78 Å². The van der Waals surface area contributed by atoms with Gasteiger partial charge >= 0.3 is 0 Å². The van der Waals surface area contributed by atoms with Gasteiger partial charge in [0.1, 0.15) is 23.4 Å². The summed E-state index contributed by atoms with van der Waals surface area (Å²) in [5, 5.41) is 7.30. The van der Waals surface area contributed by atoms with Crippen molar-refractivity contribution in [1.82, 2.24) is 15.2 Å². The molecule has 1 amide bonds. The number of nitrogens with zero attached hydrogens (tertiary/aromatic N) is 2. The largest absolute Gasteiger partial charge is 0.459 e. The smallest absolute Gasteiger partial charge is 0.226 e. The molecule has 0 spiro atoms. The molecule has 0 unspecified atom stereocenters. The lowest BCUT2D eigenvalue weighted by atomic mass is 10.0. The van der Waals surface area contributed by atoms with Gasteiger partial charge in [-0.05, 0) is 85.0 Å². The highest BCUT2D eigenvalue weighted by Gasteiger charge is 2.41. The molecule has 0 bridgehead atoms. The lowest BCUT2D eigenvalue weighted by molar-refractivity contribution is -0.116. The number of halogens is 2. The number of anilines is 1. The van der Waals surface area contributed by atoms with Crippen molar-refractivity contribution in [1.29, 1.82) is 0 Å². The van der Waals surface area contributed by atoms with Crippen molar-refractivity contribution in [2.24, 2.45) is 0 Å². The van der Waals surface area contributed by atoms with Crippen LogP contribution in [-0.4, -0.2) is 27.4 Å². The number of benzene rings is 2. The van der Waals surface area contributed by atoms with E-state index in [0.717, 1.165) is 11.3 Å². The molecule has 36 heavy (non-hydrogen) atoms. The zero-order valence-electron chi connectivity index (χ0n) is 19.0. The van der Waals surface area contributed by atoms with Crippen LogP contribution < -0.4 is 10.6 Å². The minimum atomic E-state index is -0.360. The number of furan rings is 1. The number of amides is 1. The second kappa shape index (κ2) is 10.5. The summed E-state index contributed by atoms with van der Waals surface area (Å²) in [5.41, 5.74) is 2.25. The van der Waals surface area contributed by atoms with E-state index in [0.29, 0.717) is 33.9 Å². The van der Waals surface area contributed by atoms with E-state index in [4.69, 9.17) is 28.2 Å². The summed E-state index contributed by atoms with van der Waals surface area (Å²) < 4.78 is 19.5. The van der Waals surface area contributed by atoms with E-state index in [2.05, 4.69) is 15.6 Å². The third-order valence-corrected chi connectivity index (χ3v) is 6.56. The van der Waals surface area contributed by atoms with Gasteiger partial charge in [0, 0.05) is 35.4 Å². The van der Waals surface area contributed by atoms with Crippen molar-refractivity contribution in [2.45, 2.75) is 18.5 Å². The van der Waals surface area contributed by atoms with Gasteiger partial charge in [0.2, 0.25) is 5.91 Å². The number of nitrogens with one attached hydrogen (secondary N) is 2. The first-order valence-corrected chi connectivity index (χ1v) is 12.2. The number of carbonyl (C=O) groups is 1. The lowest BCUT2D eigenvalue weighted by Crippen LogP contribution is -2.32. The molecule has 4 aromatic rings. The molecule has 1 saturated heterocycles. The Morgan fingerprint density at radius 3 is 2.58 bits per heavy atom. The van der Waals surface area contributed by atoms with Crippen molar-refractivity contribution < 1.29 is 13.6 Å². The van der Waals surface area contributed by atoms with E-state index in [1.165, 1.54) is 24.3 Å². The molecule has 1 fully saturated rings. The Morgan fingerprint density at radius 2 is 1.86 bits per heavy atom. The predicted octanol–water partition coefficient (Wildman–Crippen LogP) is 6.14. The van der Waals surface area contributed by atoms with Crippen molar-refractivity contribution in [3.8, 4) is 11.3 Å². The van der Waals surface area contributed by atoms with Gasteiger partial charge < -0.3 is 20.0 Å². The van der Waals surface area contributed by atoms with Crippen LogP contribution in [0.2, 0.25) is 5.02 Å². The van der Waals surface area contributed by atoms with E-state index in [1.54, 1.807) is 6.20 Å². The molecule has 182 valence electrons. The number of hydrogen-bond acceptors (Lipinski definition) is 4. The Kier molecular flexibility index (Phi) is 6.97. The molecule has 1 aliphatic rings.